The Labute approximate surface area is 288 Å². The molecule has 0 bridgehead atoms. The molecule has 0 spiro atoms. The van der Waals surface area contributed by atoms with Gasteiger partial charge in [-0.15, -0.1) is 0 Å². The van der Waals surface area contributed by atoms with E-state index in [1.807, 2.05) is 20.8 Å². The van der Waals surface area contributed by atoms with Gasteiger partial charge in [0, 0.05) is 0 Å². The highest BCUT2D eigenvalue weighted by atomic mass is 17.2. The molecule has 5 heterocycles. The van der Waals surface area contributed by atoms with E-state index in [1.54, 1.807) is 60.0 Å². The average molecular weight is 696 g/mol. The van der Waals surface area contributed by atoms with Crippen LogP contribution in [-0.4, -0.2) is 102 Å². The molecule has 278 valence electrons. The Hall–Kier alpha value is -2.05. The van der Waals surface area contributed by atoms with Crippen LogP contribution in [0.2, 0.25) is 0 Å². The maximum atomic E-state index is 12.6. The molecule has 5 rings (SSSR count). The van der Waals surface area contributed by atoms with Crippen molar-refractivity contribution in [3.8, 4) is 0 Å². The van der Waals surface area contributed by atoms with Crippen LogP contribution < -0.4 is 5.73 Å². The predicted octanol–water partition coefficient (Wildman–Crippen LogP) is 3.21. The summed E-state index contributed by atoms with van der Waals surface area (Å²) in [6.45, 7) is 23.3. The van der Waals surface area contributed by atoms with E-state index < -0.39 is 68.2 Å². The molecule has 6 N–H and O–H groups in total. The zero-order valence-electron chi connectivity index (χ0n) is 31.5. The van der Waals surface area contributed by atoms with E-state index in [9.17, 15) is 20.4 Å². The van der Waals surface area contributed by atoms with Crippen molar-refractivity contribution in [2.24, 2.45) is 0 Å². The lowest BCUT2D eigenvalue weighted by Crippen LogP contribution is -2.68. The van der Waals surface area contributed by atoms with Crippen LogP contribution in [0.25, 0.3) is 11.2 Å². The van der Waals surface area contributed by atoms with Crippen LogP contribution in [0.1, 0.15) is 116 Å². The molecule has 3 fully saturated rings. The van der Waals surface area contributed by atoms with Gasteiger partial charge in [-0.25, -0.2) is 19.8 Å². The molecular weight excluding hydrogens is 638 g/mol. The second-order valence-electron chi connectivity index (χ2n) is 16.1. The Balaban J connectivity index is 1.64. The molecule has 12 atom stereocenters. The standard InChI is InChI=1S/C34H57N5O10/c1-15-24(4)28(8,40)27(7,48-49-34(14)31(11,43)29(9,41)25(5,16-2)47-34)23(44-24)45-32(12)30(10,42)26(6,17-3)46-33(32,13)39-19-38-20-21(35)36-18-37-22(20)39/h18-19,23,40-43H,15-17H2,1-14H3,(H2,35,36,37). The minimum atomic E-state index is -1.99. The zero-order chi connectivity index (χ0) is 37.3. The van der Waals surface area contributed by atoms with Crippen LogP contribution in [0.3, 0.4) is 0 Å². The lowest BCUT2D eigenvalue weighted by Gasteiger charge is -2.49. The maximum Gasteiger partial charge on any atom is 0.231 e. The summed E-state index contributed by atoms with van der Waals surface area (Å²) in [4.78, 5) is 25.3. The van der Waals surface area contributed by atoms with Gasteiger partial charge in [0.25, 0.3) is 0 Å². The second kappa shape index (κ2) is 10.7. The van der Waals surface area contributed by atoms with Gasteiger partial charge in [-0.05, 0) is 95.4 Å². The molecule has 0 amide bonds. The van der Waals surface area contributed by atoms with Crippen molar-refractivity contribution in [3.05, 3.63) is 12.7 Å². The first-order valence-corrected chi connectivity index (χ1v) is 17.1. The Morgan fingerprint density at radius 3 is 1.80 bits per heavy atom. The Kier molecular flexibility index (Phi) is 8.37. The number of anilines is 1. The van der Waals surface area contributed by atoms with Crippen LogP contribution in [0.4, 0.5) is 5.82 Å². The lowest BCUT2D eigenvalue weighted by atomic mass is 9.71. The summed E-state index contributed by atoms with van der Waals surface area (Å²) < 4.78 is 28.4. The van der Waals surface area contributed by atoms with E-state index in [0.717, 1.165) is 0 Å². The number of nitrogens with zero attached hydrogens (tertiary/aromatic N) is 4. The van der Waals surface area contributed by atoms with E-state index in [-0.39, 0.29) is 5.82 Å². The van der Waals surface area contributed by atoms with Crippen LogP contribution in [-0.2, 0) is 34.4 Å². The number of rotatable bonds is 9. The van der Waals surface area contributed by atoms with Gasteiger partial charge in [0.2, 0.25) is 5.79 Å². The van der Waals surface area contributed by atoms with Crippen molar-refractivity contribution >= 4 is 17.0 Å². The van der Waals surface area contributed by atoms with Crippen molar-refractivity contribution in [2.75, 3.05) is 5.73 Å². The van der Waals surface area contributed by atoms with Crippen molar-refractivity contribution in [1.29, 1.82) is 0 Å². The van der Waals surface area contributed by atoms with Crippen molar-refractivity contribution < 1.29 is 49.1 Å². The molecule has 0 radical (unpaired) electrons. The van der Waals surface area contributed by atoms with Crippen LogP contribution in [0, 0.1) is 0 Å². The zero-order valence-corrected chi connectivity index (χ0v) is 31.5. The van der Waals surface area contributed by atoms with Crippen LogP contribution in [0.5, 0.6) is 0 Å². The molecule has 0 saturated carbocycles. The van der Waals surface area contributed by atoms with E-state index in [0.29, 0.717) is 30.4 Å². The quantitative estimate of drug-likeness (QED) is 0.189. The molecule has 15 nitrogen and oxygen atoms in total. The molecule has 49 heavy (non-hydrogen) atoms. The summed E-state index contributed by atoms with van der Waals surface area (Å²) in [5.74, 6) is -1.76. The van der Waals surface area contributed by atoms with E-state index in [4.69, 9.17) is 34.5 Å². The van der Waals surface area contributed by atoms with Gasteiger partial charge < -0.3 is 45.1 Å². The van der Waals surface area contributed by atoms with Crippen molar-refractivity contribution in [3.63, 3.8) is 0 Å². The number of ether oxygens (including phenoxy) is 4. The van der Waals surface area contributed by atoms with Gasteiger partial charge in [-0.2, -0.15) is 4.89 Å². The first kappa shape index (κ1) is 38.2. The number of nitrogen functional groups attached to an aromatic ring is 1. The molecule has 15 heteroatoms. The SMILES string of the molecule is CCC1(C)OC(OC2(C)C(C)(n3cnc4c(N)ncnc43)OC(C)(CC)C2(C)O)C(C)(OOC2(C)OC(C)(CC)C(C)(O)C2(C)O)C1(C)O. The highest BCUT2D eigenvalue weighted by molar-refractivity contribution is 5.81. The van der Waals surface area contributed by atoms with E-state index >= 15 is 0 Å². The third kappa shape index (κ3) is 4.34. The van der Waals surface area contributed by atoms with Crippen molar-refractivity contribution in [2.45, 2.75) is 184 Å². The first-order valence-electron chi connectivity index (χ1n) is 17.1. The van der Waals surface area contributed by atoms with E-state index in [1.165, 1.54) is 33.4 Å². The molecule has 0 aliphatic carbocycles. The lowest BCUT2D eigenvalue weighted by molar-refractivity contribution is -0.504. The highest BCUT2D eigenvalue weighted by Crippen LogP contribution is 2.62. The van der Waals surface area contributed by atoms with Crippen molar-refractivity contribution in [1.82, 2.24) is 19.5 Å². The molecule has 2 aromatic rings. The first-order chi connectivity index (χ1) is 22.1. The number of aromatic nitrogens is 4. The van der Waals surface area contributed by atoms with Gasteiger partial charge in [-0.1, -0.05) is 20.8 Å². The largest absolute Gasteiger partial charge is 0.384 e. The molecule has 12 unspecified atom stereocenters. The number of imidazole rings is 1. The summed E-state index contributed by atoms with van der Waals surface area (Å²) in [6, 6.07) is 0. The third-order valence-corrected chi connectivity index (χ3v) is 13.9. The van der Waals surface area contributed by atoms with Gasteiger partial charge in [0.15, 0.2) is 29.1 Å². The minimum Gasteiger partial charge on any atom is -0.384 e. The fourth-order valence-electron chi connectivity index (χ4n) is 8.06. The molecule has 2 aromatic heterocycles. The van der Waals surface area contributed by atoms with Gasteiger partial charge >= 0.3 is 0 Å². The third-order valence-electron chi connectivity index (χ3n) is 13.9. The van der Waals surface area contributed by atoms with Gasteiger partial charge in [0.1, 0.15) is 45.5 Å². The summed E-state index contributed by atoms with van der Waals surface area (Å²) in [5.41, 5.74) is -9.21. The topological polar surface area (TPSA) is 206 Å². The predicted molar refractivity (Wildman–Crippen MR) is 177 cm³/mol. The van der Waals surface area contributed by atoms with E-state index in [2.05, 4.69) is 15.0 Å². The average Bonchev–Trinajstić information content (AvgIpc) is 3.59. The monoisotopic (exact) mass is 695 g/mol. The summed E-state index contributed by atoms with van der Waals surface area (Å²) in [5, 5.41) is 48.2. The summed E-state index contributed by atoms with van der Waals surface area (Å²) in [6.07, 6.45) is 2.43. The Bertz CT molecular complexity index is 1620. The fraction of sp³-hybridized carbons (Fsp3) is 0.853. The molecule has 3 aliphatic rings. The van der Waals surface area contributed by atoms with Gasteiger partial charge in [0.05, 0.1) is 17.5 Å². The van der Waals surface area contributed by atoms with Crippen LogP contribution in [0.15, 0.2) is 12.7 Å². The summed E-state index contributed by atoms with van der Waals surface area (Å²) in [7, 11) is 0. The van der Waals surface area contributed by atoms with Gasteiger partial charge in [-0.3, -0.25) is 4.57 Å². The molecular formula is C34H57N5O10. The Morgan fingerprint density at radius 1 is 0.714 bits per heavy atom. The smallest absolute Gasteiger partial charge is 0.231 e. The fourth-order valence-corrected chi connectivity index (χ4v) is 8.06. The number of aliphatic hydroxyl groups is 4. The molecule has 0 aromatic carbocycles. The number of hydrogen-bond acceptors (Lipinski definition) is 14. The van der Waals surface area contributed by atoms with Crippen LogP contribution >= 0.6 is 0 Å². The highest BCUT2D eigenvalue weighted by Gasteiger charge is 2.79. The second-order valence-corrected chi connectivity index (χ2v) is 16.1. The molecule has 3 aliphatic heterocycles. The normalized spacial score (nSPS) is 51.7. The number of hydrogen-bond donors (Lipinski definition) is 5. The Morgan fingerprint density at radius 2 is 1.27 bits per heavy atom. The summed E-state index contributed by atoms with van der Waals surface area (Å²) >= 11 is 0. The maximum absolute atomic E-state index is 12.6. The number of fused-ring (bicyclic) bond motifs is 1. The minimum absolute atomic E-state index is 0.168. The molecule has 3 saturated heterocycles. The number of nitrogens with two attached hydrogens (primary N) is 1.